The predicted molar refractivity (Wildman–Crippen MR) is 102 cm³/mol. The summed E-state index contributed by atoms with van der Waals surface area (Å²) in [6, 6.07) is 6.48. The van der Waals surface area contributed by atoms with Gasteiger partial charge in [-0.05, 0) is 48.4 Å². The number of hydrogen-bond acceptors (Lipinski definition) is 6. The van der Waals surface area contributed by atoms with Crippen LogP contribution in [0.2, 0.25) is 0 Å². The van der Waals surface area contributed by atoms with E-state index in [0.29, 0.717) is 18.0 Å². The summed E-state index contributed by atoms with van der Waals surface area (Å²) < 4.78 is 15.9. The lowest BCUT2D eigenvalue weighted by atomic mass is 9.82. The molecule has 1 atom stereocenters. The van der Waals surface area contributed by atoms with E-state index in [1.165, 1.54) is 12.7 Å². The molecule has 7 nitrogen and oxygen atoms in total. The molecule has 7 heteroatoms. The first-order valence-electron chi connectivity index (χ1n) is 9.60. The van der Waals surface area contributed by atoms with Crippen molar-refractivity contribution in [2.75, 3.05) is 27.4 Å². The molecule has 0 unspecified atom stereocenters. The van der Waals surface area contributed by atoms with Crippen LogP contribution in [0.3, 0.4) is 0 Å². The van der Waals surface area contributed by atoms with Gasteiger partial charge in [-0.3, -0.25) is 4.79 Å². The third kappa shape index (κ3) is 3.67. The van der Waals surface area contributed by atoms with Crippen LogP contribution < -0.4 is 9.47 Å². The maximum atomic E-state index is 13.3. The molecular weight excluding hydrogens is 358 g/mol. The molecule has 4 rings (SSSR count). The van der Waals surface area contributed by atoms with Crippen LogP contribution in [0.1, 0.15) is 34.3 Å². The Morgan fingerprint density at radius 3 is 2.54 bits per heavy atom. The smallest absolute Gasteiger partial charge is 0.316 e. The van der Waals surface area contributed by atoms with Gasteiger partial charge in [-0.15, -0.1) is 0 Å². The highest BCUT2D eigenvalue weighted by Crippen LogP contribution is 2.34. The summed E-state index contributed by atoms with van der Waals surface area (Å²) in [4.78, 5) is 23.5. The van der Waals surface area contributed by atoms with E-state index in [-0.39, 0.29) is 18.0 Å². The monoisotopic (exact) mass is 383 g/mol. The average Bonchev–Trinajstić information content (AvgIpc) is 2.78. The summed E-state index contributed by atoms with van der Waals surface area (Å²) in [6.45, 7) is 2.08. The number of carbonyl (C=O) groups excluding carboxylic acids is 1. The highest BCUT2D eigenvalue weighted by atomic mass is 16.5. The number of carbonyl (C=O) groups is 1. The number of hydrogen-bond donors (Lipinski definition) is 0. The topological polar surface area (TPSA) is 73.8 Å². The summed E-state index contributed by atoms with van der Waals surface area (Å²) >= 11 is 0. The molecule has 0 N–H and O–H groups in total. The van der Waals surface area contributed by atoms with Crippen molar-refractivity contribution in [3.63, 3.8) is 0 Å². The van der Waals surface area contributed by atoms with Gasteiger partial charge in [0, 0.05) is 38.2 Å². The number of amides is 1. The van der Waals surface area contributed by atoms with Crippen molar-refractivity contribution in [2.45, 2.75) is 31.8 Å². The maximum absolute atomic E-state index is 13.3. The molecule has 1 saturated heterocycles. The zero-order valence-corrected chi connectivity index (χ0v) is 16.3. The van der Waals surface area contributed by atoms with Crippen molar-refractivity contribution in [1.82, 2.24) is 14.9 Å². The third-order valence-corrected chi connectivity index (χ3v) is 5.71. The van der Waals surface area contributed by atoms with Crippen LogP contribution in [0.5, 0.6) is 11.8 Å². The fourth-order valence-corrected chi connectivity index (χ4v) is 4.15. The number of rotatable bonds is 4. The lowest BCUT2D eigenvalue weighted by molar-refractivity contribution is 0.0179. The van der Waals surface area contributed by atoms with Gasteiger partial charge in [-0.1, -0.05) is 6.07 Å². The molecular formula is C21H25N3O4. The Bertz CT molecular complexity index is 834. The Balaban J connectivity index is 1.65. The van der Waals surface area contributed by atoms with E-state index in [1.54, 1.807) is 19.5 Å². The van der Waals surface area contributed by atoms with E-state index in [2.05, 4.69) is 22.1 Å². The van der Waals surface area contributed by atoms with Gasteiger partial charge in [0.1, 0.15) is 5.75 Å². The van der Waals surface area contributed by atoms with Crippen molar-refractivity contribution in [3.05, 3.63) is 47.3 Å². The third-order valence-electron chi connectivity index (χ3n) is 5.71. The maximum Gasteiger partial charge on any atom is 0.316 e. The minimum Gasteiger partial charge on any atom is -0.497 e. The Hall–Kier alpha value is -2.67. The van der Waals surface area contributed by atoms with Crippen LogP contribution in [0.25, 0.3) is 0 Å². The van der Waals surface area contributed by atoms with Gasteiger partial charge < -0.3 is 19.1 Å². The van der Waals surface area contributed by atoms with Gasteiger partial charge in [-0.2, -0.15) is 0 Å². The molecule has 2 aliphatic heterocycles. The lowest BCUT2D eigenvalue weighted by Crippen LogP contribution is -2.49. The molecule has 0 aliphatic carbocycles. The minimum absolute atomic E-state index is 0.0411. The number of nitrogens with zero attached hydrogens (tertiary/aromatic N) is 3. The fourth-order valence-electron chi connectivity index (χ4n) is 4.15. The van der Waals surface area contributed by atoms with E-state index in [1.807, 2.05) is 11.0 Å². The molecule has 0 saturated carbocycles. The van der Waals surface area contributed by atoms with Crippen LogP contribution in [-0.2, 0) is 17.7 Å². The van der Waals surface area contributed by atoms with Crippen molar-refractivity contribution >= 4 is 5.91 Å². The summed E-state index contributed by atoms with van der Waals surface area (Å²) in [5, 5.41) is 0. The highest BCUT2D eigenvalue weighted by molar-refractivity contribution is 5.94. The van der Waals surface area contributed by atoms with E-state index in [9.17, 15) is 4.79 Å². The second kappa shape index (κ2) is 8.14. The number of ether oxygens (including phenoxy) is 3. The molecule has 28 heavy (non-hydrogen) atoms. The van der Waals surface area contributed by atoms with Crippen LogP contribution in [0.15, 0.2) is 30.6 Å². The van der Waals surface area contributed by atoms with E-state index in [4.69, 9.17) is 14.2 Å². The molecule has 3 heterocycles. The number of fused-ring (bicyclic) bond motifs is 1. The summed E-state index contributed by atoms with van der Waals surface area (Å²) in [5.74, 6) is 1.23. The Morgan fingerprint density at radius 1 is 1.11 bits per heavy atom. The zero-order chi connectivity index (χ0) is 19.5. The first-order chi connectivity index (χ1) is 13.7. The second-order valence-electron chi connectivity index (χ2n) is 7.25. The van der Waals surface area contributed by atoms with Crippen LogP contribution in [0, 0.1) is 5.92 Å². The van der Waals surface area contributed by atoms with Gasteiger partial charge in [0.2, 0.25) is 0 Å². The zero-order valence-electron chi connectivity index (χ0n) is 16.3. The van der Waals surface area contributed by atoms with Crippen LogP contribution in [0.4, 0.5) is 0 Å². The molecule has 2 aromatic rings. The molecule has 148 valence electrons. The van der Waals surface area contributed by atoms with Gasteiger partial charge >= 0.3 is 6.01 Å². The molecule has 0 bridgehead atoms. The minimum atomic E-state index is -0.0411. The molecule has 0 spiro atoms. The average molecular weight is 383 g/mol. The standard InChI is InChI=1S/C21H25N3O4/c1-26-18-4-3-15-13-24(20(25)17-11-22-21(27-2)23-12-17)19(10-16(15)9-18)14-5-7-28-8-6-14/h3-4,9,11-12,14,19H,5-8,10,13H2,1-2H3/t19-/m1/s1. The fraction of sp³-hybridized carbons (Fsp3) is 0.476. The lowest BCUT2D eigenvalue weighted by Gasteiger charge is -2.42. The number of aromatic nitrogens is 2. The Morgan fingerprint density at radius 2 is 1.86 bits per heavy atom. The summed E-state index contributed by atoms with van der Waals surface area (Å²) in [7, 11) is 3.19. The van der Waals surface area contributed by atoms with Crippen molar-refractivity contribution in [3.8, 4) is 11.8 Å². The van der Waals surface area contributed by atoms with Crippen molar-refractivity contribution in [2.24, 2.45) is 5.92 Å². The SMILES string of the molecule is COc1ccc2c(c1)C[C@H](C1CCOCC1)N(C(=O)c1cnc(OC)nc1)C2. The quantitative estimate of drug-likeness (QED) is 0.808. The van der Waals surface area contributed by atoms with Crippen molar-refractivity contribution in [1.29, 1.82) is 0 Å². The molecule has 1 amide bonds. The second-order valence-corrected chi connectivity index (χ2v) is 7.25. The van der Waals surface area contributed by atoms with Gasteiger partial charge in [0.15, 0.2) is 0 Å². The highest BCUT2D eigenvalue weighted by Gasteiger charge is 2.36. The first kappa shape index (κ1) is 18.7. The predicted octanol–water partition coefficient (Wildman–Crippen LogP) is 2.49. The summed E-state index contributed by atoms with van der Waals surface area (Å²) in [6.07, 6.45) is 5.83. The summed E-state index contributed by atoms with van der Waals surface area (Å²) in [5.41, 5.74) is 2.90. The number of benzene rings is 1. The Labute approximate surface area is 164 Å². The molecule has 1 aromatic carbocycles. The van der Waals surface area contributed by atoms with Crippen LogP contribution >= 0.6 is 0 Å². The first-order valence-corrected chi connectivity index (χ1v) is 9.60. The molecule has 0 radical (unpaired) electrons. The van der Waals surface area contributed by atoms with E-state index >= 15 is 0 Å². The molecule has 2 aliphatic rings. The molecule has 1 aromatic heterocycles. The van der Waals surface area contributed by atoms with Gasteiger partial charge in [0.05, 0.1) is 19.8 Å². The van der Waals surface area contributed by atoms with Crippen LogP contribution in [-0.4, -0.2) is 54.3 Å². The normalized spacial score (nSPS) is 19.8. The largest absolute Gasteiger partial charge is 0.497 e. The Kier molecular flexibility index (Phi) is 5.43. The van der Waals surface area contributed by atoms with Gasteiger partial charge in [-0.25, -0.2) is 9.97 Å². The number of methoxy groups -OCH3 is 2. The van der Waals surface area contributed by atoms with E-state index in [0.717, 1.165) is 43.8 Å². The van der Waals surface area contributed by atoms with Gasteiger partial charge in [0.25, 0.3) is 5.91 Å². The molecule has 1 fully saturated rings. The van der Waals surface area contributed by atoms with Crippen molar-refractivity contribution < 1.29 is 19.0 Å². The van der Waals surface area contributed by atoms with E-state index < -0.39 is 0 Å².